The van der Waals surface area contributed by atoms with E-state index in [-0.39, 0.29) is 41.5 Å². The first-order valence-corrected chi connectivity index (χ1v) is 10.1. The molecular formula is C21H22ClN5O3. The predicted octanol–water partition coefficient (Wildman–Crippen LogP) is 2.11. The summed E-state index contributed by atoms with van der Waals surface area (Å²) in [5.74, 6) is -0.297. The van der Waals surface area contributed by atoms with Gasteiger partial charge in [0.2, 0.25) is 0 Å². The number of ether oxygens (including phenoxy) is 1. The fourth-order valence-electron chi connectivity index (χ4n) is 4.14. The molecule has 2 aliphatic heterocycles. The number of amides is 1. The minimum atomic E-state index is -0.313. The summed E-state index contributed by atoms with van der Waals surface area (Å²) in [6.07, 6.45) is 3.86. The van der Waals surface area contributed by atoms with Gasteiger partial charge in [-0.1, -0.05) is 18.2 Å². The normalized spacial score (nSPS) is 25.4. The van der Waals surface area contributed by atoms with Crippen molar-refractivity contribution in [1.82, 2.24) is 25.6 Å². The number of hydrogen-bond donors (Lipinski definition) is 2. The maximum Gasteiger partial charge on any atom is 0.269 e. The first kappa shape index (κ1) is 20.6. The summed E-state index contributed by atoms with van der Waals surface area (Å²) in [6, 6.07) is 5.30. The molecule has 2 bridgehead atoms. The maximum atomic E-state index is 12.2. The van der Waals surface area contributed by atoms with E-state index in [1.807, 2.05) is 6.07 Å². The molecule has 4 atom stereocenters. The Bertz CT molecular complexity index is 998. The van der Waals surface area contributed by atoms with Crippen molar-refractivity contribution in [3.8, 4) is 11.4 Å². The second-order valence-corrected chi connectivity index (χ2v) is 7.86. The lowest BCUT2D eigenvalue weighted by Gasteiger charge is -2.44. The van der Waals surface area contributed by atoms with Gasteiger partial charge in [-0.05, 0) is 42.7 Å². The number of nitrogens with zero attached hydrogens (tertiary/aromatic N) is 3. The number of halogens is 1. The molecule has 0 aromatic carbocycles. The van der Waals surface area contributed by atoms with Crippen molar-refractivity contribution in [3.05, 3.63) is 53.6 Å². The largest absolute Gasteiger partial charge is 0.370 e. The van der Waals surface area contributed by atoms with Gasteiger partial charge in [0.25, 0.3) is 5.91 Å². The molecule has 0 saturated carbocycles. The first-order valence-electron chi connectivity index (χ1n) is 9.74. The molecule has 8 nitrogen and oxygen atoms in total. The SMILES string of the molecule is C=CC(=O)C1C[C@@H]2CO[C@@H](c3cc(Cl)nc(-c4cc(C(=O)NC)ncn4)c3)[C@H](C1)N2. The van der Waals surface area contributed by atoms with Crippen molar-refractivity contribution in [2.75, 3.05) is 13.7 Å². The highest BCUT2D eigenvalue weighted by atomic mass is 35.5. The monoisotopic (exact) mass is 427 g/mol. The van der Waals surface area contributed by atoms with Crippen molar-refractivity contribution in [2.45, 2.75) is 31.0 Å². The summed E-state index contributed by atoms with van der Waals surface area (Å²) in [5, 5.41) is 6.40. The summed E-state index contributed by atoms with van der Waals surface area (Å²) in [6.45, 7) is 4.13. The van der Waals surface area contributed by atoms with Gasteiger partial charge in [-0.2, -0.15) is 0 Å². The lowest BCUT2D eigenvalue weighted by atomic mass is 9.80. The van der Waals surface area contributed by atoms with Crippen LogP contribution in [0.5, 0.6) is 0 Å². The van der Waals surface area contributed by atoms with E-state index in [4.69, 9.17) is 16.3 Å². The second kappa shape index (κ2) is 8.59. The fraction of sp³-hybridized carbons (Fsp3) is 0.381. The van der Waals surface area contributed by atoms with Crippen LogP contribution in [-0.2, 0) is 9.53 Å². The molecule has 2 aliphatic rings. The number of carbonyl (C=O) groups is 2. The van der Waals surface area contributed by atoms with Crippen molar-refractivity contribution >= 4 is 23.3 Å². The lowest BCUT2D eigenvalue weighted by molar-refractivity contribution is -0.123. The Kier molecular flexibility index (Phi) is 5.90. The number of allylic oxidation sites excluding steroid dienone is 1. The lowest BCUT2D eigenvalue weighted by Crippen LogP contribution is -2.56. The molecular weight excluding hydrogens is 406 g/mol. The van der Waals surface area contributed by atoms with Crippen molar-refractivity contribution < 1.29 is 14.3 Å². The zero-order chi connectivity index (χ0) is 21.3. The number of morpholine rings is 1. The molecule has 156 valence electrons. The third kappa shape index (κ3) is 4.12. The van der Waals surface area contributed by atoms with Gasteiger partial charge in [-0.15, -0.1) is 0 Å². The van der Waals surface area contributed by atoms with Crippen LogP contribution in [0, 0.1) is 5.92 Å². The second-order valence-electron chi connectivity index (χ2n) is 7.47. The van der Waals surface area contributed by atoms with E-state index in [1.165, 1.54) is 19.5 Å². The summed E-state index contributed by atoms with van der Waals surface area (Å²) in [7, 11) is 1.54. The molecule has 30 heavy (non-hydrogen) atoms. The van der Waals surface area contributed by atoms with Crippen LogP contribution in [0.15, 0.2) is 37.2 Å². The third-order valence-electron chi connectivity index (χ3n) is 5.54. The quantitative estimate of drug-likeness (QED) is 0.556. The van der Waals surface area contributed by atoms with Crippen molar-refractivity contribution in [3.63, 3.8) is 0 Å². The minimum Gasteiger partial charge on any atom is -0.370 e. The van der Waals surface area contributed by atoms with Gasteiger partial charge in [0.1, 0.15) is 17.2 Å². The Labute approximate surface area is 179 Å². The molecule has 2 aromatic heterocycles. The zero-order valence-electron chi connectivity index (χ0n) is 16.5. The number of hydrogen-bond acceptors (Lipinski definition) is 7. The Morgan fingerprint density at radius 3 is 2.87 bits per heavy atom. The van der Waals surface area contributed by atoms with Crippen LogP contribution in [0.3, 0.4) is 0 Å². The summed E-state index contributed by atoms with van der Waals surface area (Å²) < 4.78 is 6.14. The number of fused-ring (bicyclic) bond motifs is 2. The number of carbonyl (C=O) groups excluding carboxylic acids is 2. The van der Waals surface area contributed by atoms with Crippen LogP contribution in [0.1, 0.15) is 35.0 Å². The summed E-state index contributed by atoms with van der Waals surface area (Å²) in [5.41, 5.74) is 2.08. The van der Waals surface area contributed by atoms with Gasteiger partial charge in [0.15, 0.2) is 5.78 Å². The average Bonchev–Trinajstić information content (AvgIpc) is 2.77. The van der Waals surface area contributed by atoms with Crippen molar-refractivity contribution in [2.24, 2.45) is 5.92 Å². The van der Waals surface area contributed by atoms with Gasteiger partial charge < -0.3 is 15.4 Å². The highest BCUT2D eigenvalue weighted by Crippen LogP contribution is 2.37. The minimum absolute atomic E-state index is 0.0236. The van der Waals surface area contributed by atoms with E-state index < -0.39 is 0 Å². The summed E-state index contributed by atoms with van der Waals surface area (Å²) >= 11 is 6.31. The molecule has 2 fully saturated rings. The summed E-state index contributed by atoms with van der Waals surface area (Å²) in [4.78, 5) is 36.7. The van der Waals surface area contributed by atoms with E-state index in [1.54, 1.807) is 12.1 Å². The van der Waals surface area contributed by atoms with E-state index >= 15 is 0 Å². The van der Waals surface area contributed by atoms with Crippen LogP contribution < -0.4 is 10.6 Å². The number of nitrogens with one attached hydrogen (secondary N) is 2. The Hall–Kier alpha value is -2.68. The smallest absolute Gasteiger partial charge is 0.269 e. The molecule has 0 spiro atoms. The Morgan fingerprint density at radius 1 is 1.27 bits per heavy atom. The number of piperidine rings is 1. The predicted molar refractivity (Wildman–Crippen MR) is 111 cm³/mol. The molecule has 9 heteroatoms. The number of pyridine rings is 1. The van der Waals surface area contributed by atoms with Crippen LogP contribution in [-0.4, -0.2) is 52.4 Å². The molecule has 0 aliphatic carbocycles. The molecule has 2 aromatic rings. The Morgan fingerprint density at radius 2 is 2.10 bits per heavy atom. The van der Waals surface area contributed by atoms with Gasteiger partial charge in [-0.25, -0.2) is 15.0 Å². The van der Waals surface area contributed by atoms with Gasteiger partial charge in [-0.3, -0.25) is 9.59 Å². The van der Waals surface area contributed by atoms with Crippen molar-refractivity contribution in [1.29, 1.82) is 0 Å². The highest BCUT2D eigenvalue weighted by Gasteiger charge is 2.40. The maximum absolute atomic E-state index is 12.2. The van der Waals surface area contributed by atoms with Gasteiger partial charge >= 0.3 is 0 Å². The van der Waals surface area contributed by atoms with E-state index in [0.29, 0.717) is 29.6 Å². The van der Waals surface area contributed by atoms with Crippen LogP contribution in [0.25, 0.3) is 11.4 Å². The zero-order valence-corrected chi connectivity index (χ0v) is 17.2. The number of aromatic nitrogens is 3. The first-order chi connectivity index (χ1) is 14.5. The molecule has 4 rings (SSSR count). The van der Waals surface area contributed by atoms with E-state index in [0.717, 1.165) is 12.0 Å². The Balaban J connectivity index is 1.64. The average molecular weight is 428 g/mol. The molecule has 4 heterocycles. The molecule has 2 saturated heterocycles. The standard InChI is InChI=1S/C21H22ClN5O3/c1-3-18(28)11-4-13-9-30-20(16(5-11)26-13)12-6-15(27-19(22)7-12)14-8-17(21(29)23-2)25-10-24-14/h3,6-8,10-11,13,16,20,26H,1,4-5,9H2,2H3,(H,23,29)/t11?,13-,16+,20+/m1/s1. The molecule has 2 N–H and O–H groups in total. The molecule has 1 amide bonds. The molecule has 0 radical (unpaired) electrons. The number of rotatable bonds is 5. The van der Waals surface area contributed by atoms with E-state index in [2.05, 4.69) is 32.2 Å². The highest BCUT2D eigenvalue weighted by molar-refractivity contribution is 6.29. The van der Waals surface area contributed by atoms with Crippen LogP contribution in [0.4, 0.5) is 0 Å². The number of ketones is 1. The van der Waals surface area contributed by atoms with E-state index in [9.17, 15) is 9.59 Å². The van der Waals surface area contributed by atoms with Gasteiger partial charge in [0, 0.05) is 25.0 Å². The third-order valence-corrected chi connectivity index (χ3v) is 5.73. The topological polar surface area (TPSA) is 106 Å². The van der Waals surface area contributed by atoms with Gasteiger partial charge in [0.05, 0.1) is 24.1 Å². The fourth-order valence-corrected chi connectivity index (χ4v) is 4.35. The molecule has 1 unspecified atom stereocenters. The van der Waals surface area contributed by atoms with Crippen LogP contribution >= 0.6 is 11.6 Å². The van der Waals surface area contributed by atoms with Crippen LogP contribution in [0.2, 0.25) is 5.15 Å².